The van der Waals surface area contributed by atoms with Crippen LogP contribution in [-0.4, -0.2) is 16.8 Å². The minimum atomic E-state index is -0.513. The van der Waals surface area contributed by atoms with E-state index in [9.17, 15) is 9.18 Å². The minimum absolute atomic E-state index is 0.201. The molecule has 1 atom stereocenters. The lowest BCUT2D eigenvalue weighted by Gasteiger charge is -2.29. The Hall–Kier alpha value is -1.09. The quantitative estimate of drug-likeness (QED) is 0.828. The molecule has 0 aliphatic heterocycles. The number of hydrogen-bond donors (Lipinski definition) is 1. The number of nitrogens with one attached hydrogen (secondary N) is 1. The van der Waals surface area contributed by atoms with Crippen molar-refractivity contribution in [3.05, 3.63) is 35.1 Å². The van der Waals surface area contributed by atoms with Crippen molar-refractivity contribution in [1.29, 1.82) is 0 Å². The minimum Gasteiger partial charge on any atom is -0.346 e. The van der Waals surface area contributed by atoms with Crippen LogP contribution in [-0.2, 0) is 0 Å². The fraction of sp³-hybridized carbons (Fsp3) is 0.462. The molecule has 1 N–H and O–H groups in total. The molecule has 0 bridgehead atoms. The largest absolute Gasteiger partial charge is 0.346 e. The van der Waals surface area contributed by atoms with Crippen molar-refractivity contribution in [2.75, 3.05) is 0 Å². The van der Waals surface area contributed by atoms with Crippen molar-refractivity contribution in [2.45, 2.75) is 38.6 Å². The van der Waals surface area contributed by atoms with Crippen LogP contribution < -0.4 is 5.32 Å². The lowest BCUT2D eigenvalue weighted by atomic mass is 10.0. The summed E-state index contributed by atoms with van der Waals surface area (Å²) < 4.78 is 13.1. The first-order valence-electron chi connectivity index (χ1n) is 5.47. The summed E-state index contributed by atoms with van der Waals surface area (Å²) >= 11 is 5.98. The van der Waals surface area contributed by atoms with Crippen LogP contribution >= 0.6 is 11.6 Å². The lowest BCUT2D eigenvalue weighted by Crippen LogP contribution is -2.49. The highest BCUT2D eigenvalue weighted by Crippen LogP contribution is 2.16. The van der Waals surface area contributed by atoms with Gasteiger partial charge in [0.15, 0.2) is 0 Å². The molecule has 1 rings (SSSR count). The van der Waals surface area contributed by atoms with Gasteiger partial charge in [-0.15, -0.1) is 11.6 Å². The first-order valence-corrected chi connectivity index (χ1v) is 5.90. The van der Waals surface area contributed by atoms with E-state index >= 15 is 0 Å². The second-order valence-electron chi connectivity index (χ2n) is 4.76. The highest BCUT2D eigenvalue weighted by molar-refractivity contribution is 6.21. The van der Waals surface area contributed by atoms with Crippen LogP contribution in [0.25, 0.3) is 0 Å². The SMILES string of the molecule is Cc1cc(C(=O)NC(C)(C)C(C)Cl)ccc1F. The Balaban J connectivity index is 2.87. The zero-order chi connectivity index (χ0) is 13.2. The van der Waals surface area contributed by atoms with Crippen LogP contribution in [0.4, 0.5) is 4.39 Å². The molecule has 0 aromatic heterocycles. The van der Waals surface area contributed by atoms with Crippen LogP contribution in [0.3, 0.4) is 0 Å². The Kier molecular flexibility index (Phi) is 4.15. The van der Waals surface area contributed by atoms with Gasteiger partial charge < -0.3 is 5.32 Å². The molecule has 1 aromatic rings. The number of carbonyl (C=O) groups is 1. The standard InChI is InChI=1S/C13H17ClFNO/c1-8-7-10(5-6-11(8)15)12(17)16-13(3,4)9(2)14/h5-7,9H,1-4H3,(H,16,17). The predicted octanol–water partition coefficient (Wildman–Crippen LogP) is 3.27. The number of rotatable bonds is 3. The molecule has 0 fully saturated rings. The first-order chi connectivity index (χ1) is 7.74. The molecule has 0 heterocycles. The highest BCUT2D eigenvalue weighted by atomic mass is 35.5. The van der Waals surface area contributed by atoms with Gasteiger partial charge in [0.05, 0.1) is 10.9 Å². The molecule has 1 unspecified atom stereocenters. The summed E-state index contributed by atoms with van der Waals surface area (Å²) in [5.74, 6) is -0.558. The molecule has 0 spiro atoms. The molecule has 0 saturated heterocycles. The normalized spacial score (nSPS) is 13.3. The van der Waals surface area contributed by atoms with Crippen molar-refractivity contribution >= 4 is 17.5 Å². The van der Waals surface area contributed by atoms with Crippen molar-refractivity contribution in [3.8, 4) is 0 Å². The molecule has 17 heavy (non-hydrogen) atoms. The van der Waals surface area contributed by atoms with E-state index in [-0.39, 0.29) is 17.1 Å². The predicted molar refractivity (Wildman–Crippen MR) is 68.0 cm³/mol. The summed E-state index contributed by atoms with van der Waals surface area (Å²) in [4.78, 5) is 11.9. The van der Waals surface area contributed by atoms with Crippen molar-refractivity contribution in [3.63, 3.8) is 0 Å². The van der Waals surface area contributed by atoms with E-state index in [0.717, 1.165) is 0 Å². The lowest BCUT2D eigenvalue weighted by molar-refractivity contribution is 0.0912. The number of alkyl halides is 1. The fourth-order valence-corrected chi connectivity index (χ4v) is 1.30. The number of hydrogen-bond acceptors (Lipinski definition) is 1. The van der Waals surface area contributed by atoms with Gasteiger partial charge in [0, 0.05) is 5.56 Å². The maximum atomic E-state index is 13.1. The number of benzene rings is 1. The third-order valence-electron chi connectivity index (χ3n) is 2.85. The van der Waals surface area contributed by atoms with E-state index in [1.165, 1.54) is 18.2 Å². The molecule has 0 aliphatic carbocycles. The average molecular weight is 258 g/mol. The number of aryl methyl sites for hydroxylation is 1. The van der Waals surface area contributed by atoms with E-state index in [0.29, 0.717) is 11.1 Å². The first kappa shape index (κ1) is 14.0. The molecular weight excluding hydrogens is 241 g/mol. The Morgan fingerprint density at radius 1 is 1.47 bits per heavy atom. The number of halogens is 2. The molecule has 4 heteroatoms. The van der Waals surface area contributed by atoms with Gasteiger partial charge in [-0.05, 0) is 51.5 Å². The second kappa shape index (κ2) is 5.05. The van der Waals surface area contributed by atoms with Gasteiger partial charge in [0.1, 0.15) is 5.82 Å². The smallest absolute Gasteiger partial charge is 0.251 e. The molecule has 1 amide bonds. The van der Waals surface area contributed by atoms with Crippen LogP contribution in [0.2, 0.25) is 0 Å². The summed E-state index contributed by atoms with van der Waals surface area (Å²) in [6, 6.07) is 4.29. The fourth-order valence-electron chi connectivity index (χ4n) is 1.25. The van der Waals surface area contributed by atoms with E-state index in [2.05, 4.69) is 5.32 Å². The van der Waals surface area contributed by atoms with E-state index in [1.807, 2.05) is 20.8 Å². The van der Waals surface area contributed by atoms with Gasteiger partial charge in [-0.2, -0.15) is 0 Å². The molecule has 0 saturated carbocycles. The van der Waals surface area contributed by atoms with Gasteiger partial charge >= 0.3 is 0 Å². The van der Waals surface area contributed by atoms with Gasteiger partial charge in [-0.25, -0.2) is 4.39 Å². The zero-order valence-corrected chi connectivity index (χ0v) is 11.2. The maximum absolute atomic E-state index is 13.1. The third kappa shape index (κ3) is 3.43. The Morgan fingerprint density at radius 2 is 2.06 bits per heavy atom. The van der Waals surface area contributed by atoms with E-state index in [1.54, 1.807) is 6.92 Å². The summed E-state index contributed by atoms with van der Waals surface area (Å²) in [6.07, 6.45) is 0. The monoisotopic (exact) mass is 257 g/mol. The molecule has 1 aromatic carbocycles. The Bertz CT molecular complexity index is 429. The van der Waals surface area contributed by atoms with Gasteiger partial charge in [-0.1, -0.05) is 0 Å². The summed E-state index contributed by atoms with van der Waals surface area (Å²) in [5, 5.41) is 2.62. The number of amides is 1. The maximum Gasteiger partial charge on any atom is 0.251 e. The van der Waals surface area contributed by atoms with E-state index in [4.69, 9.17) is 11.6 Å². The molecule has 0 aliphatic rings. The van der Waals surface area contributed by atoms with Gasteiger partial charge in [0.2, 0.25) is 0 Å². The Morgan fingerprint density at radius 3 is 2.53 bits per heavy atom. The van der Waals surface area contributed by atoms with Gasteiger partial charge in [-0.3, -0.25) is 4.79 Å². The average Bonchev–Trinajstić information content (AvgIpc) is 2.21. The van der Waals surface area contributed by atoms with Crippen LogP contribution in [0.5, 0.6) is 0 Å². The summed E-state index contributed by atoms with van der Waals surface area (Å²) in [6.45, 7) is 7.14. The summed E-state index contributed by atoms with van der Waals surface area (Å²) in [5.41, 5.74) is 0.379. The van der Waals surface area contributed by atoms with Crippen LogP contribution in [0.15, 0.2) is 18.2 Å². The Labute approximate surface area is 106 Å². The zero-order valence-electron chi connectivity index (χ0n) is 10.5. The molecular formula is C13H17ClFNO. The highest BCUT2D eigenvalue weighted by Gasteiger charge is 2.26. The van der Waals surface area contributed by atoms with Crippen molar-refractivity contribution in [2.24, 2.45) is 0 Å². The van der Waals surface area contributed by atoms with Gasteiger partial charge in [0.25, 0.3) is 5.91 Å². The van der Waals surface area contributed by atoms with Crippen molar-refractivity contribution in [1.82, 2.24) is 5.32 Å². The summed E-state index contributed by atoms with van der Waals surface area (Å²) in [7, 11) is 0. The molecule has 0 radical (unpaired) electrons. The second-order valence-corrected chi connectivity index (χ2v) is 5.41. The van der Waals surface area contributed by atoms with Crippen LogP contribution in [0, 0.1) is 12.7 Å². The third-order valence-corrected chi connectivity index (χ3v) is 3.40. The molecule has 94 valence electrons. The number of carbonyl (C=O) groups excluding carboxylic acids is 1. The topological polar surface area (TPSA) is 29.1 Å². The van der Waals surface area contributed by atoms with Crippen LogP contribution in [0.1, 0.15) is 36.7 Å². The van der Waals surface area contributed by atoms with E-state index < -0.39 is 5.54 Å². The molecule has 2 nitrogen and oxygen atoms in total. The van der Waals surface area contributed by atoms with Crippen molar-refractivity contribution < 1.29 is 9.18 Å².